The maximum atomic E-state index is 14.0. The smallest absolute Gasteiger partial charge is 0.127 e. The molecule has 1 aromatic rings. The molecule has 2 unspecified atom stereocenters. The Hall–Kier alpha value is -0.640. The minimum absolute atomic E-state index is 0.180. The molecule has 1 saturated carbocycles. The third-order valence-corrected chi connectivity index (χ3v) is 5.02. The lowest BCUT2D eigenvalue weighted by atomic mass is 9.59. The van der Waals surface area contributed by atoms with Crippen LogP contribution in [0, 0.1) is 16.6 Å². The van der Waals surface area contributed by atoms with Gasteiger partial charge < -0.3 is 10.8 Å². The molecule has 4 heteroatoms. The highest BCUT2D eigenvalue weighted by atomic mass is 35.5. The highest BCUT2D eigenvalue weighted by Gasteiger charge is 2.48. The Morgan fingerprint density at radius 2 is 2.10 bits per heavy atom. The van der Waals surface area contributed by atoms with Crippen LogP contribution in [0.4, 0.5) is 4.39 Å². The normalized spacial score (nSPS) is 29.4. The zero-order valence-corrected chi connectivity index (χ0v) is 12.9. The van der Waals surface area contributed by atoms with Crippen molar-refractivity contribution in [1.29, 1.82) is 0 Å². The molecular formula is C16H23ClFNO. The molecule has 1 fully saturated rings. The van der Waals surface area contributed by atoms with Crippen LogP contribution in [0.3, 0.4) is 0 Å². The van der Waals surface area contributed by atoms with E-state index in [2.05, 4.69) is 13.8 Å². The predicted octanol–water partition coefficient (Wildman–Crippen LogP) is 3.54. The number of aliphatic hydroxyl groups excluding tert-OH is 1. The monoisotopic (exact) mass is 299 g/mol. The lowest BCUT2D eigenvalue weighted by Crippen LogP contribution is -2.53. The van der Waals surface area contributed by atoms with Gasteiger partial charge in [-0.05, 0) is 42.4 Å². The number of hydrogen-bond acceptors (Lipinski definition) is 2. The highest BCUT2D eigenvalue weighted by molar-refractivity contribution is 6.30. The molecule has 0 spiro atoms. The molecule has 3 N–H and O–H groups in total. The molecule has 0 aliphatic heterocycles. The second-order valence-corrected chi connectivity index (χ2v) is 7.16. The van der Waals surface area contributed by atoms with Crippen molar-refractivity contribution in [2.45, 2.75) is 45.6 Å². The van der Waals surface area contributed by atoms with Crippen molar-refractivity contribution in [3.05, 3.63) is 34.6 Å². The second-order valence-electron chi connectivity index (χ2n) is 6.72. The van der Waals surface area contributed by atoms with Crippen LogP contribution in [0.5, 0.6) is 0 Å². The zero-order chi connectivity index (χ0) is 15.0. The quantitative estimate of drug-likeness (QED) is 0.897. The number of hydrogen-bond donors (Lipinski definition) is 2. The van der Waals surface area contributed by atoms with Crippen molar-refractivity contribution in [2.24, 2.45) is 16.6 Å². The Labute approximate surface area is 125 Å². The average Bonchev–Trinajstić information content (AvgIpc) is 2.38. The maximum Gasteiger partial charge on any atom is 0.127 e. The van der Waals surface area contributed by atoms with E-state index in [0.29, 0.717) is 23.6 Å². The van der Waals surface area contributed by atoms with Gasteiger partial charge in [-0.15, -0.1) is 0 Å². The van der Waals surface area contributed by atoms with Crippen LogP contribution in [0.25, 0.3) is 0 Å². The van der Waals surface area contributed by atoms with Gasteiger partial charge in [-0.3, -0.25) is 0 Å². The SMILES string of the molecule is CC1(C)CCCC(CN)(Cc2ccc(Cl)cc2F)C1O. The van der Waals surface area contributed by atoms with E-state index in [1.807, 2.05) is 0 Å². The molecule has 2 nitrogen and oxygen atoms in total. The summed E-state index contributed by atoms with van der Waals surface area (Å²) in [6.45, 7) is 4.47. The first-order chi connectivity index (χ1) is 9.31. The Morgan fingerprint density at radius 1 is 1.40 bits per heavy atom. The molecule has 20 heavy (non-hydrogen) atoms. The summed E-state index contributed by atoms with van der Waals surface area (Å²) in [6, 6.07) is 4.70. The zero-order valence-electron chi connectivity index (χ0n) is 12.1. The summed E-state index contributed by atoms with van der Waals surface area (Å²) in [7, 11) is 0. The van der Waals surface area contributed by atoms with Crippen LogP contribution in [0.2, 0.25) is 5.02 Å². The summed E-state index contributed by atoms with van der Waals surface area (Å²) in [5.41, 5.74) is 5.92. The summed E-state index contributed by atoms with van der Waals surface area (Å²) in [5, 5.41) is 11.1. The van der Waals surface area contributed by atoms with Crippen LogP contribution < -0.4 is 5.73 Å². The molecular weight excluding hydrogens is 277 g/mol. The fraction of sp³-hybridized carbons (Fsp3) is 0.625. The van der Waals surface area contributed by atoms with Crippen LogP contribution in [0.15, 0.2) is 18.2 Å². The molecule has 0 amide bonds. The van der Waals surface area contributed by atoms with E-state index in [-0.39, 0.29) is 11.2 Å². The molecule has 2 atom stereocenters. The molecule has 2 rings (SSSR count). The molecule has 112 valence electrons. The molecule has 0 saturated heterocycles. The van der Waals surface area contributed by atoms with Gasteiger partial charge in [0.25, 0.3) is 0 Å². The highest BCUT2D eigenvalue weighted by Crippen LogP contribution is 2.47. The molecule has 1 aliphatic carbocycles. The summed E-state index contributed by atoms with van der Waals surface area (Å²) in [5.74, 6) is -0.319. The van der Waals surface area contributed by atoms with Crippen molar-refractivity contribution in [1.82, 2.24) is 0 Å². The largest absolute Gasteiger partial charge is 0.392 e. The first-order valence-corrected chi connectivity index (χ1v) is 7.51. The van der Waals surface area contributed by atoms with Gasteiger partial charge in [-0.1, -0.05) is 37.9 Å². The lowest BCUT2D eigenvalue weighted by Gasteiger charge is -2.49. The Kier molecular flexibility index (Phi) is 4.43. The van der Waals surface area contributed by atoms with Gasteiger partial charge in [0.2, 0.25) is 0 Å². The fourth-order valence-corrected chi connectivity index (χ4v) is 3.67. The standard InChI is InChI=1S/C16H23ClFNO/c1-15(2)6-3-7-16(10-19,14(15)20)9-11-4-5-12(17)8-13(11)18/h4-5,8,14,20H,3,6-7,9-10,19H2,1-2H3. The van der Waals surface area contributed by atoms with E-state index in [1.165, 1.54) is 6.07 Å². The van der Waals surface area contributed by atoms with Crippen molar-refractivity contribution in [3.63, 3.8) is 0 Å². The van der Waals surface area contributed by atoms with E-state index >= 15 is 0 Å². The van der Waals surface area contributed by atoms with E-state index in [1.54, 1.807) is 12.1 Å². The molecule has 0 heterocycles. The van der Waals surface area contributed by atoms with Crippen molar-refractivity contribution in [2.75, 3.05) is 6.54 Å². The van der Waals surface area contributed by atoms with Gasteiger partial charge in [0.15, 0.2) is 0 Å². The predicted molar refractivity (Wildman–Crippen MR) is 80.2 cm³/mol. The summed E-state index contributed by atoms with van der Waals surface area (Å²) in [6.07, 6.45) is 2.74. The first-order valence-electron chi connectivity index (χ1n) is 7.13. The second kappa shape index (κ2) is 5.63. The van der Waals surface area contributed by atoms with Crippen molar-refractivity contribution < 1.29 is 9.50 Å². The van der Waals surface area contributed by atoms with E-state index in [0.717, 1.165) is 19.3 Å². The number of nitrogens with two attached hydrogens (primary N) is 1. The van der Waals surface area contributed by atoms with Crippen LogP contribution in [-0.4, -0.2) is 17.8 Å². The fourth-order valence-electron chi connectivity index (χ4n) is 3.51. The minimum atomic E-state index is -0.524. The molecule has 0 aromatic heterocycles. The number of benzene rings is 1. The Morgan fingerprint density at radius 3 is 2.70 bits per heavy atom. The molecule has 0 radical (unpaired) electrons. The van der Waals surface area contributed by atoms with E-state index < -0.39 is 11.5 Å². The Bertz CT molecular complexity index is 491. The van der Waals surface area contributed by atoms with Crippen molar-refractivity contribution >= 4 is 11.6 Å². The van der Waals surface area contributed by atoms with Gasteiger partial charge >= 0.3 is 0 Å². The van der Waals surface area contributed by atoms with Gasteiger partial charge in [-0.25, -0.2) is 4.39 Å². The average molecular weight is 300 g/mol. The summed E-state index contributed by atoms with van der Waals surface area (Å²) < 4.78 is 14.0. The van der Waals surface area contributed by atoms with Gasteiger partial charge in [0.1, 0.15) is 5.82 Å². The van der Waals surface area contributed by atoms with Gasteiger partial charge in [0.05, 0.1) is 6.10 Å². The Balaban J connectivity index is 2.32. The first kappa shape index (κ1) is 15.7. The number of halogens is 2. The number of rotatable bonds is 3. The van der Waals surface area contributed by atoms with Gasteiger partial charge in [-0.2, -0.15) is 0 Å². The third-order valence-electron chi connectivity index (χ3n) is 4.78. The van der Waals surface area contributed by atoms with E-state index in [4.69, 9.17) is 17.3 Å². The lowest BCUT2D eigenvalue weighted by molar-refractivity contribution is -0.0887. The van der Waals surface area contributed by atoms with Crippen LogP contribution >= 0.6 is 11.6 Å². The van der Waals surface area contributed by atoms with Crippen LogP contribution in [-0.2, 0) is 6.42 Å². The number of aliphatic hydroxyl groups is 1. The minimum Gasteiger partial charge on any atom is -0.392 e. The van der Waals surface area contributed by atoms with Crippen molar-refractivity contribution in [3.8, 4) is 0 Å². The molecule has 0 bridgehead atoms. The summed E-state index contributed by atoms with van der Waals surface area (Å²) in [4.78, 5) is 0. The molecule has 1 aromatic carbocycles. The third kappa shape index (κ3) is 2.85. The van der Waals surface area contributed by atoms with Crippen LogP contribution in [0.1, 0.15) is 38.7 Å². The topological polar surface area (TPSA) is 46.2 Å². The van der Waals surface area contributed by atoms with E-state index in [9.17, 15) is 9.50 Å². The van der Waals surface area contributed by atoms with Gasteiger partial charge in [0, 0.05) is 17.0 Å². The molecule has 1 aliphatic rings. The summed E-state index contributed by atoms with van der Waals surface area (Å²) >= 11 is 5.79. The maximum absolute atomic E-state index is 14.0.